The van der Waals surface area contributed by atoms with Crippen LogP contribution in [0.5, 0.6) is 5.88 Å². The van der Waals surface area contributed by atoms with E-state index in [1.807, 2.05) is 17.0 Å². The first-order chi connectivity index (χ1) is 16.9. The van der Waals surface area contributed by atoms with Gasteiger partial charge < -0.3 is 14.4 Å². The number of hydrogen-bond donors (Lipinski definition) is 0. The molecule has 5 rings (SSSR count). The summed E-state index contributed by atoms with van der Waals surface area (Å²) in [6.07, 6.45) is 1.38. The molecule has 180 valence electrons. The maximum Gasteiger partial charge on any atom is 0.263 e. The van der Waals surface area contributed by atoms with E-state index in [2.05, 4.69) is 9.97 Å². The molecule has 1 saturated heterocycles. The summed E-state index contributed by atoms with van der Waals surface area (Å²) in [7, 11) is 3.15. The quantitative estimate of drug-likeness (QED) is 0.443. The van der Waals surface area contributed by atoms with Gasteiger partial charge in [0.2, 0.25) is 5.88 Å². The highest BCUT2D eigenvalue weighted by molar-refractivity contribution is 5.93. The van der Waals surface area contributed by atoms with Crippen LogP contribution in [-0.2, 0) is 11.8 Å². The number of morpholine rings is 1. The standard InChI is InChI=1S/C25H23F2N5O3/c1-14-29-19-12-21(32-8-9-35-20(13-32)15-6-7-28-22(10-15)34-3)30-24(23(19)25(33)31(14)2)17-5-4-16(26)11-18(17)27/h4-7,10-12,20H,8-9,13H2,1-3H3/t20-/m1/s1. The summed E-state index contributed by atoms with van der Waals surface area (Å²) in [4.78, 5) is 28.5. The first-order valence-corrected chi connectivity index (χ1v) is 11.1. The van der Waals surface area contributed by atoms with Crippen molar-refractivity contribution in [2.24, 2.45) is 7.05 Å². The predicted octanol–water partition coefficient (Wildman–Crippen LogP) is 3.56. The number of nitrogens with zero attached hydrogens (tertiary/aromatic N) is 5. The van der Waals surface area contributed by atoms with Gasteiger partial charge in [0, 0.05) is 50.1 Å². The highest BCUT2D eigenvalue weighted by atomic mass is 19.1. The molecular formula is C25H23F2N5O3. The fourth-order valence-electron chi connectivity index (χ4n) is 4.22. The van der Waals surface area contributed by atoms with Crippen LogP contribution >= 0.6 is 0 Å². The van der Waals surface area contributed by atoms with E-state index in [0.29, 0.717) is 42.7 Å². The lowest BCUT2D eigenvalue weighted by Gasteiger charge is -2.34. The van der Waals surface area contributed by atoms with E-state index in [1.165, 1.54) is 10.6 Å². The van der Waals surface area contributed by atoms with Crippen LogP contribution in [0.4, 0.5) is 14.6 Å². The van der Waals surface area contributed by atoms with Gasteiger partial charge in [-0.25, -0.2) is 23.7 Å². The SMILES string of the molecule is COc1cc([C@H]2CN(c3cc4nc(C)n(C)c(=O)c4c(-c4ccc(F)cc4F)n3)CCO2)ccn1. The minimum absolute atomic E-state index is 0.0321. The smallest absolute Gasteiger partial charge is 0.263 e. The molecule has 0 aliphatic carbocycles. The summed E-state index contributed by atoms with van der Waals surface area (Å²) in [5.41, 5.74) is 1.09. The van der Waals surface area contributed by atoms with Crippen LogP contribution in [0.25, 0.3) is 22.2 Å². The van der Waals surface area contributed by atoms with Crippen molar-refractivity contribution in [1.29, 1.82) is 0 Å². The molecule has 0 N–H and O–H groups in total. The third-order valence-corrected chi connectivity index (χ3v) is 6.19. The Morgan fingerprint density at radius 3 is 2.74 bits per heavy atom. The molecule has 1 fully saturated rings. The molecule has 4 aromatic rings. The van der Waals surface area contributed by atoms with E-state index in [0.717, 1.165) is 17.7 Å². The molecule has 0 bridgehead atoms. The molecular weight excluding hydrogens is 456 g/mol. The summed E-state index contributed by atoms with van der Waals surface area (Å²) in [5.74, 6) is -0.00375. The minimum Gasteiger partial charge on any atom is -0.481 e. The number of hydrogen-bond acceptors (Lipinski definition) is 7. The number of rotatable bonds is 4. The van der Waals surface area contributed by atoms with Gasteiger partial charge in [-0.3, -0.25) is 9.36 Å². The van der Waals surface area contributed by atoms with Crippen LogP contribution in [0.1, 0.15) is 17.5 Å². The van der Waals surface area contributed by atoms with Gasteiger partial charge >= 0.3 is 0 Å². The van der Waals surface area contributed by atoms with Gasteiger partial charge in [0.25, 0.3) is 5.56 Å². The van der Waals surface area contributed by atoms with Crippen LogP contribution in [0.3, 0.4) is 0 Å². The number of methoxy groups -OCH3 is 1. The number of aromatic nitrogens is 4. The second-order valence-corrected chi connectivity index (χ2v) is 8.31. The highest BCUT2D eigenvalue weighted by Crippen LogP contribution is 2.32. The third-order valence-electron chi connectivity index (χ3n) is 6.19. The first-order valence-electron chi connectivity index (χ1n) is 11.1. The van der Waals surface area contributed by atoms with Gasteiger partial charge in [-0.2, -0.15) is 0 Å². The molecule has 0 unspecified atom stereocenters. The van der Waals surface area contributed by atoms with Crippen molar-refractivity contribution in [3.05, 3.63) is 76.0 Å². The van der Waals surface area contributed by atoms with Crippen LogP contribution in [0.2, 0.25) is 0 Å². The van der Waals surface area contributed by atoms with Crippen molar-refractivity contribution >= 4 is 16.7 Å². The second kappa shape index (κ2) is 9.03. The molecule has 4 heterocycles. The molecule has 8 nitrogen and oxygen atoms in total. The Morgan fingerprint density at radius 1 is 1.14 bits per heavy atom. The van der Waals surface area contributed by atoms with Crippen molar-refractivity contribution in [2.45, 2.75) is 13.0 Å². The summed E-state index contributed by atoms with van der Waals surface area (Å²) >= 11 is 0. The largest absolute Gasteiger partial charge is 0.481 e. The number of benzene rings is 1. The molecule has 1 aromatic carbocycles. The Labute approximate surface area is 199 Å². The molecule has 0 spiro atoms. The van der Waals surface area contributed by atoms with Crippen molar-refractivity contribution < 1.29 is 18.3 Å². The zero-order chi connectivity index (χ0) is 24.7. The molecule has 10 heteroatoms. The molecule has 1 aliphatic rings. The van der Waals surface area contributed by atoms with E-state index in [-0.39, 0.29) is 28.3 Å². The summed E-state index contributed by atoms with van der Waals surface area (Å²) in [6.45, 7) is 3.15. The average Bonchev–Trinajstić information content (AvgIpc) is 2.87. The Bertz CT molecular complexity index is 1490. The van der Waals surface area contributed by atoms with E-state index in [1.54, 1.807) is 33.3 Å². The summed E-state index contributed by atoms with van der Waals surface area (Å²) < 4.78 is 41.1. The van der Waals surface area contributed by atoms with Crippen LogP contribution < -0.4 is 15.2 Å². The van der Waals surface area contributed by atoms with Gasteiger partial charge in [0.1, 0.15) is 29.4 Å². The fraction of sp³-hybridized carbons (Fsp3) is 0.280. The van der Waals surface area contributed by atoms with E-state index in [9.17, 15) is 13.6 Å². The van der Waals surface area contributed by atoms with Crippen LogP contribution in [0.15, 0.2) is 47.4 Å². The molecule has 0 radical (unpaired) electrons. The molecule has 0 saturated carbocycles. The zero-order valence-corrected chi connectivity index (χ0v) is 19.5. The van der Waals surface area contributed by atoms with Gasteiger partial charge in [-0.1, -0.05) is 0 Å². The Hall–Kier alpha value is -3.92. The monoisotopic (exact) mass is 479 g/mol. The Balaban J connectivity index is 1.64. The van der Waals surface area contributed by atoms with Crippen LogP contribution in [-0.4, -0.2) is 46.3 Å². The minimum atomic E-state index is -0.803. The number of pyridine rings is 2. The van der Waals surface area contributed by atoms with Crippen LogP contribution in [0, 0.1) is 18.6 Å². The van der Waals surface area contributed by atoms with Crippen molar-refractivity contribution in [3.63, 3.8) is 0 Å². The van der Waals surface area contributed by atoms with E-state index >= 15 is 0 Å². The molecule has 35 heavy (non-hydrogen) atoms. The molecule has 3 aromatic heterocycles. The lowest BCUT2D eigenvalue weighted by atomic mass is 10.1. The lowest BCUT2D eigenvalue weighted by Crippen LogP contribution is -2.39. The number of anilines is 1. The number of fused-ring (bicyclic) bond motifs is 1. The first kappa shape index (κ1) is 22.9. The Morgan fingerprint density at radius 2 is 1.97 bits per heavy atom. The van der Waals surface area contributed by atoms with E-state index < -0.39 is 11.6 Å². The van der Waals surface area contributed by atoms with Crippen molar-refractivity contribution in [3.8, 4) is 17.1 Å². The third kappa shape index (κ3) is 4.21. The summed E-state index contributed by atoms with van der Waals surface area (Å²) in [6, 6.07) is 8.62. The number of halogens is 2. The topological polar surface area (TPSA) is 82.4 Å². The van der Waals surface area contributed by atoms with Crippen molar-refractivity contribution in [2.75, 3.05) is 31.7 Å². The van der Waals surface area contributed by atoms with Gasteiger partial charge in [-0.05, 0) is 30.7 Å². The predicted molar refractivity (Wildman–Crippen MR) is 127 cm³/mol. The average molecular weight is 479 g/mol. The van der Waals surface area contributed by atoms with Gasteiger partial charge in [0.15, 0.2) is 0 Å². The highest BCUT2D eigenvalue weighted by Gasteiger charge is 2.26. The van der Waals surface area contributed by atoms with Gasteiger partial charge in [-0.15, -0.1) is 0 Å². The summed E-state index contributed by atoms with van der Waals surface area (Å²) in [5, 5.41) is 0.177. The maximum absolute atomic E-state index is 14.8. The zero-order valence-electron chi connectivity index (χ0n) is 19.5. The lowest BCUT2D eigenvalue weighted by molar-refractivity contribution is 0.0393. The van der Waals surface area contributed by atoms with Gasteiger partial charge in [0.05, 0.1) is 30.3 Å². The number of ether oxygens (including phenoxy) is 2. The second-order valence-electron chi connectivity index (χ2n) is 8.31. The fourth-order valence-corrected chi connectivity index (χ4v) is 4.22. The molecule has 0 amide bonds. The molecule has 1 aliphatic heterocycles. The molecule has 1 atom stereocenters. The maximum atomic E-state index is 14.8. The Kier molecular flexibility index (Phi) is 5.89. The number of aryl methyl sites for hydroxylation is 1. The van der Waals surface area contributed by atoms with E-state index in [4.69, 9.17) is 14.5 Å². The van der Waals surface area contributed by atoms with Crippen molar-refractivity contribution in [1.82, 2.24) is 19.5 Å². The normalized spacial score (nSPS) is 16.0.